The van der Waals surface area contributed by atoms with Gasteiger partial charge in [0.2, 0.25) is 5.11 Å². The maximum atomic E-state index is 5.84. The molecule has 2 nitrogen and oxygen atoms in total. The molecule has 0 radical (unpaired) electrons. The first kappa shape index (κ1) is 14.6. The lowest BCUT2D eigenvalue weighted by atomic mass is 10.2. The van der Waals surface area contributed by atoms with Crippen LogP contribution in [-0.4, -0.2) is 5.84 Å². The van der Waals surface area contributed by atoms with Gasteiger partial charge in [0, 0.05) is 5.56 Å². The van der Waals surface area contributed by atoms with Gasteiger partial charge in [-0.25, -0.2) is 9.74 Å². The SMILES string of the molecule is ClP(Cl)(Cl)=NC(=Nc1ccccc1)c1ccccc1. The average Bonchev–Trinajstić information content (AvgIpc) is 2.39. The van der Waals surface area contributed by atoms with Gasteiger partial charge < -0.3 is 0 Å². The first-order valence-corrected chi connectivity index (χ1v) is 9.91. The summed E-state index contributed by atoms with van der Waals surface area (Å²) in [7, 11) is 0. The van der Waals surface area contributed by atoms with Crippen molar-refractivity contribution >= 4 is 50.4 Å². The second-order valence-electron chi connectivity index (χ2n) is 3.66. The zero-order valence-electron chi connectivity index (χ0n) is 9.75. The van der Waals surface area contributed by atoms with Crippen LogP contribution in [0.25, 0.3) is 0 Å². The molecule has 0 unspecified atom stereocenters. The predicted octanol–water partition coefficient (Wildman–Crippen LogP) is 6.43. The summed E-state index contributed by atoms with van der Waals surface area (Å²) in [6, 6.07) is 18.9. The number of halogens is 3. The van der Waals surface area contributed by atoms with E-state index in [-0.39, 0.29) is 0 Å². The molecule has 6 heteroatoms. The number of hydrogen-bond acceptors (Lipinski definition) is 1. The monoisotopic (exact) mass is 330 g/mol. The van der Waals surface area contributed by atoms with Crippen molar-refractivity contribution in [2.45, 2.75) is 0 Å². The van der Waals surface area contributed by atoms with Crippen molar-refractivity contribution in [2.24, 2.45) is 9.74 Å². The van der Waals surface area contributed by atoms with Gasteiger partial charge in [0.1, 0.15) is 0 Å². The van der Waals surface area contributed by atoms with Gasteiger partial charge in [-0.05, 0) is 45.9 Å². The van der Waals surface area contributed by atoms with E-state index in [9.17, 15) is 0 Å². The Morgan fingerprint density at radius 3 is 1.84 bits per heavy atom. The predicted molar refractivity (Wildman–Crippen MR) is 86.0 cm³/mol. The molecule has 0 aromatic heterocycles. The highest BCUT2D eigenvalue weighted by Crippen LogP contribution is 2.65. The van der Waals surface area contributed by atoms with Crippen LogP contribution in [0.15, 0.2) is 70.4 Å². The molecule has 0 fully saturated rings. The van der Waals surface area contributed by atoms with E-state index in [0.29, 0.717) is 5.84 Å². The Bertz CT molecular complexity index is 613. The fraction of sp³-hybridized carbons (Fsp3) is 0. The number of benzene rings is 2. The van der Waals surface area contributed by atoms with Crippen molar-refractivity contribution in [3.8, 4) is 0 Å². The zero-order valence-corrected chi connectivity index (χ0v) is 12.9. The Balaban J connectivity index is 2.50. The van der Waals surface area contributed by atoms with Crippen LogP contribution in [0.2, 0.25) is 0 Å². The molecule has 0 saturated carbocycles. The number of nitrogens with zero attached hydrogens (tertiary/aromatic N) is 2. The van der Waals surface area contributed by atoms with Crippen LogP contribution in [-0.2, 0) is 0 Å². The fourth-order valence-corrected chi connectivity index (χ4v) is 2.48. The minimum Gasteiger partial charge on any atom is -0.229 e. The van der Waals surface area contributed by atoms with Gasteiger partial charge in [-0.3, -0.25) is 0 Å². The smallest absolute Gasteiger partial charge is 0.229 e. The van der Waals surface area contributed by atoms with E-state index in [1.807, 2.05) is 60.7 Å². The van der Waals surface area contributed by atoms with Gasteiger partial charge in [0.25, 0.3) is 0 Å². The maximum Gasteiger partial charge on any atom is 0.230 e. The summed E-state index contributed by atoms with van der Waals surface area (Å²) in [5.41, 5.74) is 1.58. The molecule has 2 aromatic rings. The maximum absolute atomic E-state index is 5.84. The van der Waals surface area contributed by atoms with Crippen LogP contribution in [0.1, 0.15) is 5.56 Å². The second-order valence-corrected chi connectivity index (χ2v) is 10.7. The summed E-state index contributed by atoms with van der Waals surface area (Å²) in [6.45, 7) is 0. The van der Waals surface area contributed by atoms with Crippen molar-refractivity contribution in [3.05, 3.63) is 66.2 Å². The van der Waals surface area contributed by atoms with E-state index in [2.05, 4.69) is 9.74 Å². The van der Waals surface area contributed by atoms with Gasteiger partial charge in [0.05, 0.1) is 5.69 Å². The molecule has 19 heavy (non-hydrogen) atoms. The van der Waals surface area contributed by atoms with Crippen LogP contribution in [0, 0.1) is 0 Å². The molecular formula is C13H10Cl3N2P. The van der Waals surface area contributed by atoms with E-state index in [4.69, 9.17) is 33.7 Å². The largest absolute Gasteiger partial charge is 0.230 e. The molecule has 0 bridgehead atoms. The molecular weight excluding hydrogens is 321 g/mol. The first-order valence-electron chi connectivity index (χ1n) is 5.45. The molecule has 0 saturated heterocycles. The molecule has 98 valence electrons. The van der Waals surface area contributed by atoms with Crippen LogP contribution >= 0.6 is 38.8 Å². The summed E-state index contributed by atoms with van der Waals surface area (Å²) in [4.78, 5) is 4.44. The standard InChI is InChI=1S/C13H10Cl3N2P/c14-19(15,16)18-13(11-7-3-1-4-8-11)17-12-9-5-2-6-10-12/h1-10H. The molecule has 2 rings (SSSR count). The average molecular weight is 332 g/mol. The third-order valence-electron chi connectivity index (χ3n) is 2.23. The van der Waals surface area contributed by atoms with Gasteiger partial charge in [-0.2, -0.15) is 0 Å². The summed E-state index contributed by atoms with van der Waals surface area (Å²) < 4.78 is 4.13. The van der Waals surface area contributed by atoms with Gasteiger partial charge in [-0.1, -0.05) is 48.5 Å². The number of aliphatic imine (C=N–C) groups is 1. The summed E-state index contributed by atoms with van der Waals surface area (Å²) in [5.74, 6) is 0.431. The minimum absolute atomic E-state index is 0.431. The normalized spacial score (nSPS) is 12.3. The van der Waals surface area contributed by atoms with Crippen LogP contribution < -0.4 is 0 Å². The number of para-hydroxylation sites is 1. The Kier molecular flexibility index (Phi) is 5.06. The first-order chi connectivity index (χ1) is 9.04. The van der Waals surface area contributed by atoms with Crippen LogP contribution in [0.4, 0.5) is 5.69 Å². The van der Waals surface area contributed by atoms with Gasteiger partial charge >= 0.3 is 0 Å². The number of rotatable bonds is 2. The molecule has 0 amide bonds. The molecule has 0 spiro atoms. The molecule has 0 aliphatic carbocycles. The zero-order chi connectivity index (χ0) is 13.7. The van der Waals surface area contributed by atoms with E-state index in [1.165, 1.54) is 0 Å². The van der Waals surface area contributed by atoms with E-state index in [1.54, 1.807) is 0 Å². The Morgan fingerprint density at radius 1 is 0.789 bits per heavy atom. The molecule has 0 aliphatic heterocycles. The van der Waals surface area contributed by atoms with Crippen molar-refractivity contribution in [3.63, 3.8) is 0 Å². The third-order valence-corrected chi connectivity index (χ3v) is 3.33. The lowest BCUT2D eigenvalue weighted by molar-refractivity contribution is 1.46. The lowest BCUT2D eigenvalue weighted by Crippen LogP contribution is -1.94. The lowest BCUT2D eigenvalue weighted by Gasteiger charge is -2.04. The van der Waals surface area contributed by atoms with Crippen molar-refractivity contribution in [2.75, 3.05) is 0 Å². The summed E-state index contributed by atoms with van der Waals surface area (Å²) >= 11 is 17.5. The van der Waals surface area contributed by atoms with Crippen LogP contribution in [0.3, 0.4) is 0 Å². The Morgan fingerprint density at radius 2 is 1.32 bits per heavy atom. The second kappa shape index (κ2) is 6.58. The quantitative estimate of drug-likeness (QED) is 0.344. The molecule has 2 aromatic carbocycles. The van der Waals surface area contributed by atoms with E-state index in [0.717, 1.165) is 11.3 Å². The highest BCUT2D eigenvalue weighted by atomic mass is 36.0. The van der Waals surface area contributed by atoms with E-state index >= 15 is 0 Å². The van der Waals surface area contributed by atoms with Gasteiger partial charge in [-0.15, -0.1) is 0 Å². The minimum atomic E-state index is -2.86. The van der Waals surface area contributed by atoms with Crippen molar-refractivity contribution in [1.82, 2.24) is 0 Å². The molecule has 0 N–H and O–H groups in total. The molecule has 0 aliphatic rings. The van der Waals surface area contributed by atoms with E-state index < -0.39 is 5.11 Å². The highest BCUT2D eigenvalue weighted by Gasteiger charge is 2.10. The summed E-state index contributed by atoms with van der Waals surface area (Å²) in [5, 5.41) is -2.86. The third kappa shape index (κ3) is 5.00. The van der Waals surface area contributed by atoms with Gasteiger partial charge in [0.15, 0.2) is 5.84 Å². The number of hydrogen-bond donors (Lipinski definition) is 0. The molecule has 0 heterocycles. The molecule has 0 atom stereocenters. The Hall–Kier alpha value is -0.790. The van der Waals surface area contributed by atoms with Crippen LogP contribution in [0.5, 0.6) is 0 Å². The highest BCUT2D eigenvalue weighted by molar-refractivity contribution is 8.26. The van der Waals surface area contributed by atoms with Crippen molar-refractivity contribution in [1.29, 1.82) is 0 Å². The topological polar surface area (TPSA) is 24.7 Å². The summed E-state index contributed by atoms with van der Waals surface area (Å²) in [6.07, 6.45) is 0. The fourth-order valence-electron chi connectivity index (χ4n) is 1.46. The number of amidine groups is 1. The van der Waals surface area contributed by atoms with Crippen molar-refractivity contribution < 1.29 is 0 Å². The Labute approximate surface area is 126 Å².